The highest BCUT2D eigenvalue weighted by atomic mass is 16.7. The van der Waals surface area contributed by atoms with E-state index in [1.165, 1.54) is 19.3 Å². The molecule has 164 valence electrons. The zero-order chi connectivity index (χ0) is 20.1. The first-order valence-corrected chi connectivity index (χ1v) is 11.7. The van der Waals surface area contributed by atoms with Gasteiger partial charge in [-0.05, 0) is 18.8 Å². The maximum Gasteiger partial charge on any atom is 0.306 e. The molecule has 0 spiro atoms. The van der Waals surface area contributed by atoms with Gasteiger partial charge in [0.2, 0.25) is 0 Å². The van der Waals surface area contributed by atoms with Crippen molar-refractivity contribution in [2.24, 2.45) is 11.8 Å². The summed E-state index contributed by atoms with van der Waals surface area (Å²) < 4.78 is 23.2. The highest BCUT2D eigenvalue weighted by Gasteiger charge is 2.50. The van der Waals surface area contributed by atoms with Gasteiger partial charge in [-0.1, -0.05) is 38.3 Å². The first-order chi connectivity index (χ1) is 14.2. The molecule has 0 N–H and O–H groups in total. The third kappa shape index (κ3) is 5.40. The fourth-order valence-electron chi connectivity index (χ4n) is 5.40. The molecule has 0 aromatic rings. The number of nitrogens with zero attached hydrogens (tertiary/aromatic N) is 1. The van der Waals surface area contributed by atoms with Crippen LogP contribution in [0.15, 0.2) is 12.2 Å². The molecule has 3 saturated heterocycles. The largest absolute Gasteiger partial charge is 0.462 e. The van der Waals surface area contributed by atoms with Crippen molar-refractivity contribution in [3.63, 3.8) is 0 Å². The average Bonchev–Trinajstić information content (AvgIpc) is 3.43. The van der Waals surface area contributed by atoms with Crippen LogP contribution in [0.4, 0.5) is 0 Å². The van der Waals surface area contributed by atoms with Crippen molar-refractivity contribution in [1.82, 2.24) is 4.90 Å². The third-order valence-corrected chi connectivity index (χ3v) is 6.94. The summed E-state index contributed by atoms with van der Waals surface area (Å²) in [5.41, 5.74) is 0. The quantitative estimate of drug-likeness (QED) is 0.332. The number of carbonyl (C=O) groups excluding carboxylic acids is 1. The minimum absolute atomic E-state index is 0.0334. The van der Waals surface area contributed by atoms with Crippen LogP contribution in [0.25, 0.3) is 0 Å². The summed E-state index contributed by atoms with van der Waals surface area (Å²) in [6, 6.07) is 0.428. The molecule has 3 heterocycles. The normalized spacial score (nSPS) is 36.6. The Bertz CT molecular complexity index is 555. The van der Waals surface area contributed by atoms with Gasteiger partial charge < -0.3 is 18.9 Å². The predicted molar refractivity (Wildman–Crippen MR) is 109 cm³/mol. The van der Waals surface area contributed by atoms with Gasteiger partial charge >= 0.3 is 5.97 Å². The molecule has 6 nitrogen and oxygen atoms in total. The van der Waals surface area contributed by atoms with E-state index in [-0.39, 0.29) is 24.5 Å². The number of hydrogen-bond donors (Lipinski definition) is 0. The number of hydrogen-bond acceptors (Lipinski definition) is 6. The monoisotopic (exact) mass is 407 g/mol. The first kappa shape index (κ1) is 21.3. The van der Waals surface area contributed by atoms with Crippen LogP contribution >= 0.6 is 0 Å². The number of unbranched alkanes of at least 4 members (excludes halogenated alkanes) is 2. The van der Waals surface area contributed by atoms with E-state index in [1.807, 2.05) is 0 Å². The number of esters is 1. The van der Waals surface area contributed by atoms with Crippen molar-refractivity contribution in [2.45, 2.75) is 82.8 Å². The van der Waals surface area contributed by atoms with Gasteiger partial charge in [-0.25, -0.2) is 0 Å². The van der Waals surface area contributed by atoms with Crippen molar-refractivity contribution in [1.29, 1.82) is 0 Å². The minimum Gasteiger partial charge on any atom is -0.462 e. The summed E-state index contributed by atoms with van der Waals surface area (Å²) in [5.74, 6) is 0.603. The summed E-state index contributed by atoms with van der Waals surface area (Å²) in [6.45, 7) is 6.56. The maximum absolute atomic E-state index is 11.9. The molecule has 6 atom stereocenters. The van der Waals surface area contributed by atoms with Gasteiger partial charge in [-0.2, -0.15) is 0 Å². The molecule has 4 aliphatic rings. The van der Waals surface area contributed by atoms with Crippen LogP contribution in [-0.4, -0.2) is 68.3 Å². The number of rotatable bonds is 9. The van der Waals surface area contributed by atoms with Gasteiger partial charge in [0.15, 0.2) is 6.29 Å². The Morgan fingerprint density at radius 1 is 1.24 bits per heavy atom. The number of fused-ring (bicyclic) bond motifs is 1. The second kappa shape index (κ2) is 10.4. The lowest BCUT2D eigenvalue weighted by Crippen LogP contribution is -2.45. The van der Waals surface area contributed by atoms with Crippen molar-refractivity contribution >= 4 is 5.97 Å². The molecule has 29 heavy (non-hydrogen) atoms. The molecule has 1 saturated carbocycles. The molecule has 0 bridgehead atoms. The van der Waals surface area contributed by atoms with E-state index in [2.05, 4.69) is 24.0 Å². The first-order valence-electron chi connectivity index (χ1n) is 11.7. The van der Waals surface area contributed by atoms with Crippen LogP contribution in [0.2, 0.25) is 0 Å². The molecule has 0 aromatic carbocycles. The fourth-order valence-corrected chi connectivity index (χ4v) is 5.40. The van der Waals surface area contributed by atoms with E-state index in [9.17, 15) is 4.79 Å². The molecule has 4 rings (SSSR count). The Morgan fingerprint density at radius 2 is 2.10 bits per heavy atom. The van der Waals surface area contributed by atoms with Crippen LogP contribution in [0, 0.1) is 11.8 Å². The van der Waals surface area contributed by atoms with Gasteiger partial charge in [0, 0.05) is 44.5 Å². The summed E-state index contributed by atoms with van der Waals surface area (Å²) in [4.78, 5) is 14.4. The number of ether oxygens (including phenoxy) is 4. The lowest BCUT2D eigenvalue weighted by Gasteiger charge is -2.35. The second-order valence-electron chi connectivity index (χ2n) is 8.92. The SMILES string of the molecule is CCCCCC(/C=C/C1C2CC(=O)OC2CC1N1CCOCC1)OC1CCCO1. The molecule has 4 fully saturated rings. The molecular formula is C23H37NO5. The van der Waals surface area contributed by atoms with E-state index in [4.69, 9.17) is 18.9 Å². The topological polar surface area (TPSA) is 57.2 Å². The van der Waals surface area contributed by atoms with Crippen molar-refractivity contribution in [3.8, 4) is 0 Å². The highest BCUT2D eigenvalue weighted by Crippen LogP contribution is 2.44. The lowest BCUT2D eigenvalue weighted by molar-refractivity contribution is -0.141. The van der Waals surface area contributed by atoms with Gasteiger partial charge in [0.1, 0.15) is 6.10 Å². The van der Waals surface area contributed by atoms with Crippen LogP contribution in [0.1, 0.15) is 58.3 Å². The molecule has 1 aliphatic carbocycles. The maximum atomic E-state index is 11.9. The highest BCUT2D eigenvalue weighted by molar-refractivity contribution is 5.72. The molecule has 0 amide bonds. The average molecular weight is 408 g/mol. The minimum atomic E-state index is -0.0611. The second-order valence-corrected chi connectivity index (χ2v) is 8.92. The molecule has 0 radical (unpaired) electrons. The smallest absolute Gasteiger partial charge is 0.306 e. The predicted octanol–water partition coefficient (Wildman–Crippen LogP) is 3.30. The zero-order valence-corrected chi connectivity index (χ0v) is 17.8. The van der Waals surface area contributed by atoms with Gasteiger partial charge in [0.05, 0.1) is 25.7 Å². The van der Waals surface area contributed by atoms with Gasteiger partial charge in [-0.15, -0.1) is 0 Å². The van der Waals surface area contributed by atoms with Crippen LogP contribution < -0.4 is 0 Å². The standard InChI is InChI=1S/C23H37NO5/c1-2-3-4-6-17(28-23-7-5-12-27-23)8-9-18-19-15-22(25)29-21(19)16-20(18)24-10-13-26-14-11-24/h8-9,17-21,23H,2-7,10-16H2,1H3/b9-8+. The third-order valence-electron chi connectivity index (χ3n) is 6.94. The van der Waals surface area contributed by atoms with E-state index >= 15 is 0 Å². The van der Waals surface area contributed by atoms with Gasteiger partial charge in [-0.3, -0.25) is 9.69 Å². The summed E-state index contributed by atoms with van der Waals surface area (Å²) in [6.07, 6.45) is 12.9. The fraction of sp³-hybridized carbons (Fsp3) is 0.870. The number of morpholine rings is 1. The van der Waals surface area contributed by atoms with E-state index in [0.29, 0.717) is 24.3 Å². The number of carbonyl (C=O) groups is 1. The van der Waals surface area contributed by atoms with E-state index < -0.39 is 0 Å². The Balaban J connectivity index is 1.44. The Kier molecular flexibility index (Phi) is 7.62. The zero-order valence-electron chi connectivity index (χ0n) is 17.8. The van der Waals surface area contributed by atoms with Crippen LogP contribution in [0.5, 0.6) is 0 Å². The van der Waals surface area contributed by atoms with Gasteiger partial charge in [0.25, 0.3) is 0 Å². The lowest BCUT2D eigenvalue weighted by atomic mass is 9.89. The van der Waals surface area contributed by atoms with Crippen LogP contribution in [0.3, 0.4) is 0 Å². The molecule has 6 unspecified atom stereocenters. The Labute approximate surface area is 174 Å². The molecular weight excluding hydrogens is 370 g/mol. The molecule has 0 aromatic heterocycles. The Morgan fingerprint density at radius 3 is 2.86 bits per heavy atom. The van der Waals surface area contributed by atoms with Crippen molar-refractivity contribution < 1.29 is 23.7 Å². The summed E-state index contributed by atoms with van der Waals surface area (Å²) in [7, 11) is 0. The summed E-state index contributed by atoms with van der Waals surface area (Å²) in [5, 5.41) is 0. The van der Waals surface area contributed by atoms with E-state index in [0.717, 1.165) is 58.6 Å². The summed E-state index contributed by atoms with van der Waals surface area (Å²) >= 11 is 0. The Hall–Kier alpha value is -0.950. The van der Waals surface area contributed by atoms with Crippen molar-refractivity contribution in [3.05, 3.63) is 12.2 Å². The molecule has 3 aliphatic heterocycles. The van der Waals surface area contributed by atoms with E-state index in [1.54, 1.807) is 0 Å². The van der Waals surface area contributed by atoms with Crippen LogP contribution in [-0.2, 0) is 23.7 Å². The van der Waals surface area contributed by atoms with Crippen molar-refractivity contribution in [2.75, 3.05) is 32.9 Å². The molecule has 6 heteroatoms.